The van der Waals surface area contributed by atoms with Crippen LogP contribution >= 0.6 is 0 Å². The Kier molecular flexibility index (Phi) is 10.6. The van der Waals surface area contributed by atoms with Crippen molar-refractivity contribution in [2.24, 2.45) is 0 Å². The molecule has 0 saturated carbocycles. The Morgan fingerprint density at radius 1 is 0.846 bits per heavy atom. The van der Waals surface area contributed by atoms with Crippen molar-refractivity contribution < 1.29 is 27.4 Å². The number of benzene rings is 3. The lowest BCUT2D eigenvalue weighted by atomic mass is 9.95. The van der Waals surface area contributed by atoms with E-state index in [4.69, 9.17) is 14.2 Å². The molecule has 1 aliphatic heterocycles. The molecule has 208 valence electrons. The van der Waals surface area contributed by atoms with Gasteiger partial charge in [-0.05, 0) is 54.7 Å². The summed E-state index contributed by atoms with van der Waals surface area (Å²) in [5.41, 5.74) is 2.54. The molecule has 3 aromatic carbocycles. The van der Waals surface area contributed by atoms with Crippen LogP contribution in [0.4, 0.5) is 13.2 Å². The molecule has 1 aliphatic rings. The molecule has 0 spiro atoms. The second-order valence-electron chi connectivity index (χ2n) is 9.90. The molecule has 6 heteroatoms. The summed E-state index contributed by atoms with van der Waals surface area (Å²) >= 11 is 0. The zero-order valence-corrected chi connectivity index (χ0v) is 22.7. The van der Waals surface area contributed by atoms with Crippen LogP contribution in [0.2, 0.25) is 0 Å². The Balaban J connectivity index is 1.40. The van der Waals surface area contributed by atoms with Gasteiger partial charge in [0.15, 0.2) is 17.9 Å². The van der Waals surface area contributed by atoms with Crippen molar-refractivity contribution in [2.75, 3.05) is 19.8 Å². The molecule has 0 radical (unpaired) electrons. The number of hydrogen-bond acceptors (Lipinski definition) is 3. The Bertz CT molecular complexity index is 1230. The van der Waals surface area contributed by atoms with Crippen molar-refractivity contribution in [3.8, 4) is 28.0 Å². The molecule has 1 fully saturated rings. The maximum absolute atomic E-state index is 15.1. The van der Waals surface area contributed by atoms with Crippen LogP contribution in [0.1, 0.15) is 63.9 Å². The van der Waals surface area contributed by atoms with Gasteiger partial charge in [0.1, 0.15) is 5.82 Å². The SMILES string of the molecule is C/C=C/CCC1OCC(c2ccc(-c3ccc(-c4ccc(OCCCCCC)c(F)c4F)cc3)c(F)c2)CO1. The van der Waals surface area contributed by atoms with E-state index in [9.17, 15) is 8.78 Å². The predicted molar refractivity (Wildman–Crippen MR) is 149 cm³/mol. The van der Waals surface area contributed by atoms with Crippen LogP contribution in [0.5, 0.6) is 5.75 Å². The summed E-state index contributed by atoms with van der Waals surface area (Å²) in [5, 5.41) is 0. The summed E-state index contributed by atoms with van der Waals surface area (Å²) in [4.78, 5) is 0. The zero-order valence-electron chi connectivity index (χ0n) is 22.7. The van der Waals surface area contributed by atoms with Crippen LogP contribution < -0.4 is 4.74 Å². The van der Waals surface area contributed by atoms with E-state index < -0.39 is 11.6 Å². The van der Waals surface area contributed by atoms with Gasteiger partial charge in [0.2, 0.25) is 5.82 Å². The second kappa shape index (κ2) is 14.3. The second-order valence-corrected chi connectivity index (χ2v) is 9.90. The van der Waals surface area contributed by atoms with Crippen molar-refractivity contribution in [3.63, 3.8) is 0 Å². The van der Waals surface area contributed by atoms with E-state index in [0.717, 1.165) is 44.1 Å². The average molecular weight is 539 g/mol. The quantitative estimate of drug-likeness (QED) is 0.170. The summed E-state index contributed by atoms with van der Waals surface area (Å²) in [6.07, 6.45) is 9.54. The first-order valence-electron chi connectivity index (χ1n) is 13.9. The first-order chi connectivity index (χ1) is 19.0. The third-order valence-corrected chi connectivity index (χ3v) is 7.05. The lowest BCUT2D eigenvalue weighted by Gasteiger charge is -2.29. The summed E-state index contributed by atoms with van der Waals surface area (Å²) in [7, 11) is 0. The Morgan fingerprint density at radius 2 is 1.54 bits per heavy atom. The maximum atomic E-state index is 15.1. The fourth-order valence-electron chi connectivity index (χ4n) is 4.73. The van der Waals surface area contributed by atoms with Crippen molar-refractivity contribution >= 4 is 0 Å². The predicted octanol–water partition coefficient (Wildman–Crippen LogP) is 9.21. The van der Waals surface area contributed by atoms with Gasteiger partial charge >= 0.3 is 0 Å². The van der Waals surface area contributed by atoms with Crippen LogP contribution in [0.25, 0.3) is 22.3 Å². The molecule has 0 unspecified atom stereocenters. The minimum Gasteiger partial charge on any atom is -0.490 e. The van der Waals surface area contributed by atoms with Gasteiger partial charge < -0.3 is 14.2 Å². The first kappa shape index (κ1) is 28.9. The van der Waals surface area contributed by atoms with Crippen molar-refractivity contribution in [1.29, 1.82) is 0 Å². The molecule has 3 nitrogen and oxygen atoms in total. The Labute approximate surface area is 229 Å². The van der Waals surface area contributed by atoms with E-state index in [2.05, 4.69) is 13.0 Å². The van der Waals surface area contributed by atoms with E-state index in [1.807, 2.05) is 19.1 Å². The summed E-state index contributed by atoms with van der Waals surface area (Å²) < 4.78 is 61.7. The average Bonchev–Trinajstić information content (AvgIpc) is 2.96. The fraction of sp³-hybridized carbons (Fsp3) is 0.394. The van der Waals surface area contributed by atoms with Gasteiger partial charge in [-0.3, -0.25) is 0 Å². The molecule has 39 heavy (non-hydrogen) atoms. The number of allylic oxidation sites excluding steroid dienone is 2. The van der Waals surface area contributed by atoms with Crippen LogP contribution in [0.3, 0.4) is 0 Å². The molecule has 0 atom stereocenters. The Morgan fingerprint density at radius 3 is 2.21 bits per heavy atom. The zero-order chi connectivity index (χ0) is 27.6. The minimum absolute atomic E-state index is 0.0324. The van der Waals surface area contributed by atoms with Gasteiger partial charge in [0, 0.05) is 23.5 Å². The molecule has 0 aromatic heterocycles. The largest absolute Gasteiger partial charge is 0.490 e. The first-order valence-corrected chi connectivity index (χ1v) is 13.9. The monoisotopic (exact) mass is 538 g/mol. The normalized spacial score (nSPS) is 17.6. The van der Waals surface area contributed by atoms with Gasteiger partial charge in [-0.1, -0.05) is 74.7 Å². The molecule has 0 amide bonds. The number of rotatable bonds is 12. The number of unbranched alkanes of at least 4 members (excludes halogenated alkanes) is 3. The topological polar surface area (TPSA) is 27.7 Å². The third kappa shape index (κ3) is 7.52. The minimum atomic E-state index is -0.992. The van der Waals surface area contributed by atoms with E-state index in [0.29, 0.717) is 36.5 Å². The lowest BCUT2D eigenvalue weighted by Crippen LogP contribution is -2.30. The molecule has 0 N–H and O–H groups in total. The highest BCUT2D eigenvalue weighted by atomic mass is 19.2. The molecular formula is C33H37F3O3. The van der Waals surface area contributed by atoms with E-state index in [-0.39, 0.29) is 29.3 Å². The fourth-order valence-corrected chi connectivity index (χ4v) is 4.73. The van der Waals surface area contributed by atoms with E-state index in [1.54, 1.807) is 30.3 Å². The molecular weight excluding hydrogens is 501 g/mol. The summed E-state index contributed by atoms with van der Waals surface area (Å²) in [6, 6.07) is 14.9. The van der Waals surface area contributed by atoms with E-state index >= 15 is 4.39 Å². The lowest BCUT2D eigenvalue weighted by molar-refractivity contribution is -0.189. The third-order valence-electron chi connectivity index (χ3n) is 7.05. The van der Waals surface area contributed by atoms with Gasteiger partial charge in [-0.2, -0.15) is 4.39 Å². The molecule has 3 aromatic rings. The van der Waals surface area contributed by atoms with Gasteiger partial charge in [0.25, 0.3) is 0 Å². The molecule has 1 heterocycles. The summed E-state index contributed by atoms with van der Waals surface area (Å²) in [6.45, 7) is 5.42. The highest BCUT2D eigenvalue weighted by Gasteiger charge is 2.24. The van der Waals surface area contributed by atoms with Gasteiger partial charge in [-0.25, -0.2) is 8.78 Å². The van der Waals surface area contributed by atoms with Crippen LogP contribution in [0.15, 0.2) is 66.7 Å². The van der Waals surface area contributed by atoms with Crippen LogP contribution in [-0.4, -0.2) is 26.1 Å². The van der Waals surface area contributed by atoms with Crippen molar-refractivity contribution in [3.05, 3.63) is 89.8 Å². The number of ether oxygens (including phenoxy) is 3. The van der Waals surface area contributed by atoms with Crippen LogP contribution in [0, 0.1) is 17.5 Å². The highest BCUT2D eigenvalue weighted by Crippen LogP contribution is 2.33. The van der Waals surface area contributed by atoms with Gasteiger partial charge in [0.05, 0.1) is 19.8 Å². The molecule has 0 aliphatic carbocycles. The Hall–Kier alpha value is -3.09. The molecule has 4 rings (SSSR count). The van der Waals surface area contributed by atoms with Crippen LogP contribution in [-0.2, 0) is 9.47 Å². The van der Waals surface area contributed by atoms with Gasteiger partial charge in [-0.15, -0.1) is 0 Å². The summed E-state index contributed by atoms with van der Waals surface area (Å²) in [5.74, 6) is -2.41. The molecule has 0 bridgehead atoms. The molecule has 1 saturated heterocycles. The maximum Gasteiger partial charge on any atom is 0.201 e. The highest BCUT2D eigenvalue weighted by molar-refractivity contribution is 5.71. The van der Waals surface area contributed by atoms with E-state index in [1.165, 1.54) is 18.2 Å². The van der Waals surface area contributed by atoms with Crippen molar-refractivity contribution in [1.82, 2.24) is 0 Å². The standard InChI is InChI=1S/C33H37F3O3/c1-3-5-7-9-19-37-30-18-17-28(32(35)33(30)36)24-13-11-23(12-14-24)27-16-15-25(20-29(27)34)26-21-38-31(39-22-26)10-8-6-4-2/h4,6,11-18,20,26,31H,3,5,7-10,19,21-22H2,1-2H3/b6-4+. The number of halogens is 3. The smallest absolute Gasteiger partial charge is 0.201 e. The van der Waals surface area contributed by atoms with Crippen molar-refractivity contribution in [2.45, 2.75) is 64.6 Å². The number of hydrogen-bond donors (Lipinski definition) is 0.